The molecule has 1 fully saturated rings. The number of aromatic amines is 1. The average Bonchev–Trinajstić information content (AvgIpc) is 3.01. The van der Waals surface area contributed by atoms with Crippen LogP contribution in [0.2, 0.25) is 5.02 Å². The molecule has 1 saturated heterocycles. The van der Waals surface area contributed by atoms with Gasteiger partial charge in [0.1, 0.15) is 12.0 Å². The van der Waals surface area contributed by atoms with Gasteiger partial charge in [-0.25, -0.2) is 4.98 Å². The van der Waals surface area contributed by atoms with Crippen molar-refractivity contribution in [3.63, 3.8) is 0 Å². The largest absolute Gasteiger partial charge is 0.355 e. The highest BCUT2D eigenvalue weighted by Crippen LogP contribution is 2.32. The number of pyridine rings is 1. The van der Waals surface area contributed by atoms with Crippen molar-refractivity contribution in [2.24, 2.45) is 0 Å². The van der Waals surface area contributed by atoms with E-state index < -0.39 is 4.92 Å². The lowest BCUT2D eigenvalue weighted by molar-refractivity contribution is -0.385. The molecule has 1 N–H and O–H groups in total. The number of hydrogen-bond acceptors (Lipinski definition) is 7. The average molecular weight is 310 g/mol. The summed E-state index contributed by atoms with van der Waals surface area (Å²) in [6.45, 7) is 1.45. The van der Waals surface area contributed by atoms with Gasteiger partial charge in [-0.3, -0.25) is 10.1 Å². The molecular weight excluding hydrogens is 298 g/mol. The van der Waals surface area contributed by atoms with E-state index in [9.17, 15) is 10.1 Å². The molecule has 2 aromatic rings. The number of aromatic nitrogens is 5. The molecule has 9 nitrogen and oxygen atoms in total. The molecule has 0 saturated carbocycles. The number of nitrogens with zero attached hydrogens (tertiary/aromatic N) is 6. The van der Waals surface area contributed by atoms with Crippen LogP contribution in [0, 0.1) is 10.1 Å². The van der Waals surface area contributed by atoms with Crippen molar-refractivity contribution in [1.29, 1.82) is 0 Å². The summed E-state index contributed by atoms with van der Waals surface area (Å²) in [6, 6.07) is 1.32. The maximum absolute atomic E-state index is 10.7. The van der Waals surface area contributed by atoms with Gasteiger partial charge >= 0.3 is 0 Å². The van der Waals surface area contributed by atoms with E-state index in [0.717, 1.165) is 19.4 Å². The zero-order valence-electron chi connectivity index (χ0n) is 10.9. The SMILES string of the molecule is O=[N+]([O-])c1cnc(N2CCC[C@H](c3nn[nH]n3)C2)c(Cl)c1. The van der Waals surface area contributed by atoms with E-state index in [1.807, 2.05) is 4.90 Å². The second kappa shape index (κ2) is 5.60. The Labute approximate surface area is 124 Å². The molecule has 110 valence electrons. The molecule has 0 spiro atoms. The molecule has 2 aromatic heterocycles. The Hall–Kier alpha value is -2.29. The van der Waals surface area contributed by atoms with Crippen LogP contribution in [0.1, 0.15) is 24.6 Å². The number of nitro groups is 1. The summed E-state index contributed by atoms with van der Waals surface area (Å²) in [5, 5.41) is 25.0. The lowest BCUT2D eigenvalue weighted by atomic mass is 9.97. The normalized spacial score (nSPS) is 18.7. The first-order valence-electron chi connectivity index (χ1n) is 6.43. The smallest absolute Gasteiger partial charge is 0.289 e. The van der Waals surface area contributed by atoms with Gasteiger partial charge < -0.3 is 4.90 Å². The lowest BCUT2D eigenvalue weighted by Gasteiger charge is -2.32. The summed E-state index contributed by atoms with van der Waals surface area (Å²) in [6.07, 6.45) is 3.12. The molecule has 0 bridgehead atoms. The van der Waals surface area contributed by atoms with Gasteiger partial charge in [0, 0.05) is 25.1 Å². The van der Waals surface area contributed by atoms with Gasteiger partial charge in [0.25, 0.3) is 5.69 Å². The minimum atomic E-state index is -0.513. The molecule has 3 rings (SSSR count). The highest BCUT2D eigenvalue weighted by Gasteiger charge is 2.27. The maximum atomic E-state index is 10.7. The van der Waals surface area contributed by atoms with E-state index in [2.05, 4.69) is 25.6 Å². The van der Waals surface area contributed by atoms with Crippen LogP contribution >= 0.6 is 11.6 Å². The zero-order chi connectivity index (χ0) is 14.8. The van der Waals surface area contributed by atoms with Crippen molar-refractivity contribution in [2.45, 2.75) is 18.8 Å². The van der Waals surface area contributed by atoms with Gasteiger partial charge in [-0.15, -0.1) is 10.2 Å². The maximum Gasteiger partial charge on any atom is 0.289 e. The Kier molecular flexibility index (Phi) is 3.65. The van der Waals surface area contributed by atoms with Crippen molar-refractivity contribution in [2.75, 3.05) is 18.0 Å². The van der Waals surface area contributed by atoms with E-state index >= 15 is 0 Å². The second-order valence-corrected chi connectivity index (χ2v) is 5.22. The Bertz CT molecular complexity index is 648. The van der Waals surface area contributed by atoms with E-state index in [-0.39, 0.29) is 16.6 Å². The van der Waals surface area contributed by atoms with Crippen LogP contribution in [0.25, 0.3) is 0 Å². The fourth-order valence-electron chi connectivity index (χ4n) is 2.48. The molecule has 0 amide bonds. The zero-order valence-corrected chi connectivity index (χ0v) is 11.7. The van der Waals surface area contributed by atoms with Crippen LogP contribution in [0.4, 0.5) is 11.5 Å². The minimum Gasteiger partial charge on any atom is -0.355 e. The fraction of sp³-hybridized carbons (Fsp3) is 0.455. The molecule has 1 aliphatic rings. The van der Waals surface area contributed by atoms with E-state index in [1.54, 1.807) is 0 Å². The van der Waals surface area contributed by atoms with Crippen LogP contribution in [0.3, 0.4) is 0 Å². The van der Waals surface area contributed by atoms with E-state index in [0.29, 0.717) is 18.2 Å². The quantitative estimate of drug-likeness (QED) is 0.675. The van der Waals surface area contributed by atoms with E-state index in [1.165, 1.54) is 12.3 Å². The number of rotatable bonds is 3. The molecule has 1 aliphatic heterocycles. The summed E-state index contributed by atoms with van der Waals surface area (Å²) >= 11 is 6.12. The Balaban J connectivity index is 1.82. The number of H-pyrrole nitrogens is 1. The Morgan fingerprint density at radius 2 is 2.38 bits per heavy atom. The van der Waals surface area contributed by atoms with Gasteiger partial charge in [-0.2, -0.15) is 5.21 Å². The molecule has 0 aromatic carbocycles. The third kappa shape index (κ3) is 2.77. The topological polar surface area (TPSA) is 114 Å². The van der Waals surface area contributed by atoms with Crippen molar-refractivity contribution < 1.29 is 4.92 Å². The van der Waals surface area contributed by atoms with Crippen molar-refractivity contribution in [3.8, 4) is 0 Å². The first kappa shape index (κ1) is 13.7. The van der Waals surface area contributed by atoms with E-state index in [4.69, 9.17) is 11.6 Å². The van der Waals surface area contributed by atoms with Crippen LogP contribution in [-0.2, 0) is 0 Å². The molecule has 3 heterocycles. The highest BCUT2D eigenvalue weighted by molar-refractivity contribution is 6.33. The molecule has 10 heteroatoms. The van der Waals surface area contributed by atoms with Gasteiger partial charge in [0.05, 0.1) is 9.95 Å². The number of anilines is 1. The number of hydrogen-bond donors (Lipinski definition) is 1. The van der Waals surface area contributed by atoms with Gasteiger partial charge in [-0.1, -0.05) is 16.8 Å². The number of tetrazole rings is 1. The molecule has 0 aliphatic carbocycles. The lowest BCUT2D eigenvalue weighted by Crippen LogP contribution is -2.35. The molecule has 21 heavy (non-hydrogen) atoms. The van der Waals surface area contributed by atoms with Gasteiger partial charge in [-0.05, 0) is 12.8 Å². The third-order valence-electron chi connectivity index (χ3n) is 3.47. The molecule has 0 radical (unpaired) electrons. The number of nitrogens with one attached hydrogen (secondary N) is 1. The van der Waals surface area contributed by atoms with Crippen LogP contribution in [0.15, 0.2) is 12.3 Å². The second-order valence-electron chi connectivity index (χ2n) is 4.81. The van der Waals surface area contributed by atoms with Crippen LogP contribution in [-0.4, -0.2) is 43.6 Å². The summed E-state index contributed by atoms with van der Waals surface area (Å²) in [5.41, 5.74) is -0.115. The van der Waals surface area contributed by atoms with Crippen molar-refractivity contribution >= 4 is 23.1 Å². The first-order valence-corrected chi connectivity index (χ1v) is 6.81. The number of halogens is 1. The predicted octanol–water partition coefficient (Wildman–Crippen LogP) is 1.54. The Morgan fingerprint density at radius 1 is 1.52 bits per heavy atom. The summed E-state index contributed by atoms with van der Waals surface area (Å²) < 4.78 is 0. The highest BCUT2D eigenvalue weighted by atomic mass is 35.5. The third-order valence-corrected chi connectivity index (χ3v) is 3.74. The standard InChI is InChI=1S/C11H12ClN7O2/c12-9-4-8(19(20)21)5-13-11(9)18-3-1-2-7(6-18)10-14-16-17-15-10/h4-5,7H,1-3,6H2,(H,14,15,16,17)/t7-/m0/s1. The molecule has 1 atom stereocenters. The predicted molar refractivity (Wildman–Crippen MR) is 74.3 cm³/mol. The van der Waals surface area contributed by atoms with Gasteiger partial charge in [0.2, 0.25) is 0 Å². The summed E-state index contributed by atoms with van der Waals surface area (Å²) in [5.74, 6) is 1.36. The fourth-order valence-corrected chi connectivity index (χ4v) is 2.76. The first-order chi connectivity index (χ1) is 10.1. The summed E-state index contributed by atoms with van der Waals surface area (Å²) in [7, 11) is 0. The van der Waals surface area contributed by atoms with Crippen LogP contribution < -0.4 is 4.90 Å². The summed E-state index contributed by atoms with van der Waals surface area (Å²) in [4.78, 5) is 16.3. The van der Waals surface area contributed by atoms with Gasteiger partial charge in [0.15, 0.2) is 5.82 Å². The Morgan fingerprint density at radius 3 is 3.05 bits per heavy atom. The molecular formula is C11H12ClN7O2. The number of piperidine rings is 1. The monoisotopic (exact) mass is 309 g/mol. The van der Waals surface area contributed by atoms with Crippen molar-refractivity contribution in [1.82, 2.24) is 25.6 Å². The van der Waals surface area contributed by atoms with Crippen LogP contribution in [0.5, 0.6) is 0 Å². The minimum absolute atomic E-state index is 0.115. The van der Waals surface area contributed by atoms with Crippen molar-refractivity contribution in [3.05, 3.63) is 33.2 Å². The molecule has 0 unspecified atom stereocenters.